The second kappa shape index (κ2) is 3.89. The Hall–Kier alpha value is -1.57. The summed E-state index contributed by atoms with van der Waals surface area (Å²) in [4.78, 5) is 13.6. The van der Waals surface area contributed by atoms with Crippen LogP contribution in [0.1, 0.15) is 18.9 Å². The second-order valence-electron chi connectivity index (χ2n) is 4.07. The van der Waals surface area contributed by atoms with Crippen LogP contribution in [0.25, 0.3) is 0 Å². The number of amides is 1. The third kappa shape index (κ3) is 1.94. The fraction of sp³-hybridized carbons (Fsp3) is 0.308. The zero-order valence-corrected chi connectivity index (χ0v) is 8.99. The lowest BCUT2D eigenvalue weighted by Crippen LogP contribution is -2.36. The maximum absolute atomic E-state index is 11.8. The molecule has 0 unspecified atom stereocenters. The number of nitrogens with zero attached hydrogens (tertiary/aromatic N) is 1. The molecule has 0 radical (unpaired) electrons. The lowest BCUT2D eigenvalue weighted by molar-refractivity contribution is -0.118. The number of rotatable bonds is 2. The maximum atomic E-state index is 11.8. The van der Waals surface area contributed by atoms with Crippen LogP contribution in [0.2, 0.25) is 0 Å². The minimum atomic E-state index is 0.205. The third-order valence-electron chi connectivity index (χ3n) is 2.62. The summed E-state index contributed by atoms with van der Waals surface area (Å²) in [6.45, 7) is 6.45. The first-order valence-corrected chi connectivity index (χ1v) is 5.21. The first kappa shape index (κ1) is 9.97. The average Bonchev–Trinajstić information content (AvgIpc) is 2.22. The van der Waals surface area contributed by atoms with Gasteiger partial charge in [0.1, 0.15) is 0 Å². The van der Waals surface area contributed by atoms with Crippen molar-refractivity contribution in [2.45, 2.75) is 19.8 Å². The summed E-state index contributed by atoms with van der Waals surface area (Å²) in [6, 6.07) is 8.10. The van der Waals surface area contributed by atoms with E-state index in [0.717, 1.165) is 17.7 Å². The SMILES string of the molecule is C=C(C)CN1C(=O)CCc2ccccc21. The van der Waals surface area contributed by atoms with Gasteiger partial charge in [0, 0.05) is 18.7 Å². The molecule has 15 heavy (non-hydrogen) atoms. The van der Waals surface area contributed by atoms with Crippen molar-refractivity contribution in [2.24, 2.45) is 0 Å². The molecule has 1 aromatic rings. The topological polar surface area (TPSA) is 20.3 Å². The highest BCUT2D eigenvalue weighted by molar-refractivity contribution is 5.96. The number of hydrogen-bond donors (Lipinski definition) is 0. The van der Waals surface area contributed by atoms with Gasteiger partial charge in [0.25, 0.3) is 0 Å². The molecule has 0 saturated heterocycles. The number of hydrogen-bond acceptors (Lipinski definition) is 1. The number of fused-ring (bicyclic) bond motifs is 1. The van der Waals surface area contributed by atoms with Crippen LogP contribution >= 0.6 is 0 Å². The van der Waals surface area contributed by atoms with Gasteiger partial charge in [-0.3, -0.25) is 4.79 Å². The van der Waals surface area contributed by atoms with Gasteiger partial charge in [-0.25, -0.2) is 0 Å². The van der Waals surface area contributed by atoms with Gasteiger partial charge < -0.3 is 4.90 Å². The molecule has 1 aliphatic rings. The van der Waals surface area contributed by atoms with Gasteiger partial charge in [-0.2, -0.15) is 0 Å². The van der Waals surface area contributed by atoms with Gasteiger partial charge in [0.2, 0.25) is 5.91 Å². The molecule has 0 aromatic heterocycles. The molecule has 78 valence electrons. The van der Waals surface area contributed by atoms with E-state index in [-0.39, 0.29) is 5.91 Å². The summed E-state index contributed by atoms with van der Waals surface area (Å²) in [5.41, 5.74) is 3.33. The minimum absolute atomic E-state index is 0.205. The van der Waals surface area contributed by atoms with Crippen molar-refractivity contribution in [3.63, 3.8) is 0 Å². The van der Waals surface area contributed by atoms with Crippen molar-refractivity contribution >= 4 is 11.6 Å². The number of anilines is 1. The Morgan fingerprint density at radius 3 is 2.87 bits per heavy atom. The highest BCUT2D eigenvalue weighted by Gasteiger charge is 2.22. The molecule has 1 amide bonds. The molecular weight excluding hydrogens is 186 g/mol. The van der Waals surface area contributed by atoms with E-state index in [1.807, 2.05) is 30.0 Å². The van der Waals surface area contributed by atoms with Crippen LogP contribution < -0.4 is 4.90 Å². The monoisotopic (exact) mass is 201 g/mol. The van der Waals surface area contributed by atoms with Crippen molar-refractivity contribution in [2.75, 3.05) is 11.4 Å². The summed E-state index contributed by atoms with van der Waals surface area (Å²) in [5.74, 6) is 0.205. The summed E-state index contributed by atoms with van der Waals surface area (Å²) in [6.07, 6.45) is 1.48. The molecule has 1 heterocycles. The van der Waals surface area contributed by atoms with Crippen molar-refractivity contribution in [3.05, 3.63) is 42.0 Å². The minimum Gasteiger partial charge on any atom is -0.308 e. The van der Waals surface area contributed by atoms with E-state index >= 15 is 0 Å². The molecule has 2 nitrogen and oxygen atoms in total. The van der Waals surface area contributed by atoms with Gasteiger partial charge in [-0.15, -0.1) is 0 Å². The number of carbonyl (C=O) groups is 1. The predicted molar refractivity (Wildman–Crippen MR) is 61.9 cm³/mol. The number of aryl methyl sites for hydroxylation is 1. The van der Waals surface area contributed by atoms with E-state index in [0.29, 0.717) is 13.0 Å². The summed E-state index contributed by atoms with van der Waals surface area (Å²) in [5, 5.41) is 0. The number of para-hydroxylation sites is 1. The molecular formula is C13H15NO. The summed E-state index contributed by atoms with van der Waals surface area (Å²) < 4.78 is 0. The highest BCUT2D eigenvalue weighted by Crippen LogP contribution is 2.27. The standard InChI is InChI=1S/C13H15NO/c1-10(2)9-14-12-6-4-3-5-11(12)7-8-13(14)15/h3-6H,1,7-9H2,2H3. The van der Waals surface area contributed by atoms with Crippen molar-refractivity contribution < 1.29 is 4.79 Å². The molecule has 0 atom stereocenters. The largest absolute Gasteiger partial charge is 0.308 e. The fourth-order valence-corrected chi connectivity index (χ4v) is 1.94. The van der Waals surface area contributed by atoms with Crippen molar-refractivity contribution in [3.8, 4) is 0 Å². The quantitative estimate of drug-likeness (QED) is 0.673. The van der Waals surface area contributed by atoms with Crippen molar-refractivity contribution in [1.82, 2.24) is 0 Å². The Morgan fingerprint density at radius 1 is 1.40 bits per heavy atom. The van der Waals surface area contributed by atoms with Crippen LogP contribution in [0.4, 0.5) is 5.69 Å². The van der Waals surface area contributed by atoms with Gasteiger partial charge in [-0.05, 0) is 25.0 Å². The molecule has 0 aliphatic carbocycles. The Kier molecular flexibility index (Phi) is 2.58. The van der Waals surface area contributed by atoms with E-state index in [1.165, 1.54) is 5.56 Å². The third-order valence-corrected chi connectivity index (χ3v) is 2.62. The van der Waals surface area contributed by atoms with Gasteiger partial charge >= 0.3 is 0 Å². The Balaban J connectivity index is 2.37. The van der Waals surface area contributed by atoms with Gasteiger partial charge in [0.15, 0.2) is 0 Å². The van der Waals surface area contributed by atoms with Crippen LogP contribution in [0.15, 0.2) is 36.4 Å². The van der Waals surface area contributed by atoms with Crippen LogP contribution in [0.3, 0.4) is 0 Å². The molecule has 0 spiro atoms. The summed E-state index contributed by atoms with van der Waals surface area (Å²) in [7, 11) is 0. The number of benzene rings is 1. The average molecular weight is 201 g/mol. The smallest absolute Gasteiger partial charge is 0.227 e. The lowest BCUT2D eigenvalue weighted by atomic mass is 10.0. The van der Waals surface area contributed by atoms with E-state index in [2.05, 4.69) is 12.6 Å². The summed E-state index contributed by atoms with van der Waals surface area (Å²) >= 11 is 0. The maximum Gasteiger partial charge on any atom is 0.227 e. The lowest BCUT2D eigenvalue weighted by Gasteiger charge is -2.29. The van der Waals surface area contributed by atoms with Gasteiger partial charge in [-0.1, -0.05) is 30.4 Å². The van der Waals surface area contributed by atoms with Crippen LogP contribution in [-0.2, 0) is 11.2 Å². The number of carbonyl (C=O) groups excluding carboxylic acids is 1. The fourth-order valence-electron chi connectivity index (χ4n) is 1.94. The van der Waals surface area contributed by atoms with E-state index in [1.54, 1.807) is 0 Å². The molecule has 1 aromatic carbocycles. The van der Waals surface area contributed by atoms with Crippen LogP contribution in [-0.4, -0.2) is 12.5 Å². The molecule has 2 heteroatoms. The first-order chi connectivity index (χ1) is 7.18. The zero-order valence-electron chi connectivity index (χ0n) is 8.99. The molecule has 2 rings (SSSR count). The molecule has 0 fully saturated rings. The molecule has 0 bridgehead atoms. The van der Waals surface area contributed by atoms with Crippen molar-refractivity contribution in [1.29, 1.82) is 0 Å². The first-order valence-electron chi connectivity index (χ1n) is 5.21. The second-order valence-corrected chi connectivity index (χ2v) is 4.07. The van der Waals surface area contributed by atoms with Crippen LogP contribution in [0.5, 0.6) is 0 Å². The Labute approximate surface area is 90.2 Å². The van der Waals surface area contributed by atoms with E-state index < -0.39 is 0 Å². The Bertz CT molecular complexity index is 409. The Morgan fingerprint density at radius 2 is 2.13 bits per heavy atom. The zero-order chi connectivity index (χ0) is 10.8. The predicted octanol–water partition coefficient (Wildman–Crippen LogP) is 2.54. The highest BCUT2D eigenvalue weighted by atomic mass is 16.2. The van der Waals surface area contributed by atoms with E-state index in [9.17, 15) is 4.79 Å². The molecule has 0 saturated carbocycles. The van der Waals surface area contributed by atoms with E-state index in [4.69, 9.17) is 0 Å². The van der Waals surface area contributed by atoms with Crippen LogP contribution in [0, 0.1) is 0 Å². The molecule has 1 aliphatic heterocycles. The van der Waals surface area contributed by atoms with Gasteiger partial charge in [0.05, 0.1) is 0 Å². The molecule has 0 N–H and O–H groups in total. The normalized spacial score (nSPS) is 15.0.